The van der Waals surface area contributed by atoms with Gasteiger partial charge < -0.3 is 16.2 Å². The molecule has 10 heteroatoms. The number of nitrogens with one attached hydrogen (secondary N) is 1. The molecule has 2 atom stereocenters. The molecule has 3 rings (SSSR count). The average Bonchev–Trinajstić information content (AvgIpc) is 2.55. The number of nitrogens with zero attached hydrogens (tertiary/aromatic N) is 3. The van der Waals surface area contributed by atoms with Crippen LogP contribution in [0.15, 0.2) is 18.5 Å². The number of hydrogen-bond donors (Lipinski definition) is 3. The number of fused-ring (bicyclic) bond motifs is 1. The van der Waals surface area contributed by atoms with Crippen molar-refractivity contribution in [3.05, 3.63) is 24.2 Å². The van der Waals surface area contributed by atoms with Crippen molar-refractivity contribution in [1.82, 2.24) is 20.3 Å². The third-order valence-corrected chi connectivity index (χ3v) is 3.94. The summed E-state index contributed by atoms with van der Waals surface area (Å²) in [4.78, 5) is 21.8. The number of aromatic nitrogens is 3. The first kappa shape index (κ1) is 18.8. The molecule has 0 aromatic carbocycles. The Morgan fingerprint density at radius 2 is 2.04 bits per heavy atom. The van der Waals surface area contributed by atoms with E-state index in [1.54, 1.807) is 0 Å². The van der Waals surface area contributed by atoms with Crippen molar-refractivity contribution in [2.75, 3.05) is 18.8 Å². The number of nitrogen functional groups attached to an aromatic ring is 1. The zero-order valence-corrected chi connectivity index (χ0v) is 13.4. The number of pyridine rings is 1. The summed E-state index contributed by atoms with van der Waals surface area (Å²) in [5.41, 5.74) is 8.51. The lowest BCUT2D eigenvalue weighted by Crippen LogP contribution is -2.34. The van der Waals surface area contributed by atoms with Gasteiger partial charge in [-0.25, -0.2) is 19.7 Å². The van der Waals surface area contributed by atoms with E-state index in [-0.39, 0.29) is 0 Å². The van der Waals surface area contributed by atoms with Crippen LogP contribution in [0.25, 0.3) is 11.0 Å². The third-order valence-electron chi connectivity index (χ3n) is 3.94. The molecule has 2 aromatic rings. The fourth-order valence-corrected chi connectivity index (χ4v) is 2.63. The third kappa shape index (κ3) is 4.75. The van der Waals surface area contributed by atoms with E-state index in [9.17, 15) is 13.2 Å². The molecule has 25 heavy (non-hydrogen) atoms. The first-order valence-corrected chi connectivity index (χ1v) is 7.58. The predicted molar refractivity (Wildman–Crippen MR) is 84.8 cm³/mol. The van der Waals surface area contributed by atoms with E-state index in [0.29, 0.717) is 17.7 Å². The number of carboxylic acid groups (broad SMARTS) is 1. The summed E-state index contributed by atoms with van der Waals surface area (Å²) in [5, 5.41) is 10.5. The zero-order valence-electron chi connectivity index (χ0n) is 13.4. The Labute approximate surface area is 141 Å². The monoisotopic (exact) mass is 357 g/mol. The van der Waals surface area contributed by atoms with E-state index in [0.717, 1.165) is 36.2 Å². The van der Waals surface area contributed by atoms with E-state index in [1.807, 2.05) is 6.07 Å². The first-order chi connectivity index (χ1) is 11.7. The maximum atomic E-state index is 10.6. The number of nitrogens with two attached hydrogens (primary N) is 1. The highest BCUT2D eigenvalue weighted by molar-refractivity contribution is 5.83. The van der Waals surface area contributed by atoms with Gasteiger partial charge in [0, 0.05) is 11.6 Å². The van der Waals surface area contributed by atoms with Gasteiger partial charge in [-0.3, -0.25) is 0 Å². The molecule has 0 radical (unpaired) electrons. The minimum absolute atomic E-state index is 0.462. The second-order valence-electron chi connectivity index (χ2n) is 5.74. The van der Waals surface area contributed by atoms with Gasteiger partial charge in [0.15, 0.2) is 5.82 Å². The number of rotatable bonds is 1. The van der Waals surface area contributed by atoms with Crippen LogP contribution in [0.3, 0.4) is 0 Å². The number of halogens is 3. The summed E-state index contributed by atoms with van der Waals surface area (Å²) in [6.45, 7) is 4.36. The minimum atomic E-state index is -5.08. The molecule has 0 aliphatic carbocycles. The Kier molecular flexibility index (Phi) is 5.73. The summed E-state index contributed by atoms with van der Waals surface area (Å²) in [6.07, 6.45) is -2.49. The van der Waals surface area contributed by atoms with Gasteiger partial charge in [0.25, 0.3) is 0 Å². The fraction of sp³-hybridized carbons (Fsp3) is 0.467. The summed E-state index contributed by atoms with van der Waals surface area (Å²) in [7, 11) is 0. The number of carbonyl (C=O) groups is 1. The summed E-state index contributed by atoms with van der Waals surface area (Å²) < 4.78 is 31.7. The molecule has 136 valence electrons. The molecule has 2 unspecified atom stereocenters. The summed E-state index contributed by atoms with van der Waals surface area (Å²) in [5.74, 6) is -1.21. The molecule has 7 nitrogen and oxygen atoms in total. The smallest absolute Gasteiger partial charge is 0.475 e. The van der Waals surface area contributed by atoms with E-state index in [4.69, 9.17) is 15.6 Å². The van der Waals surface area contributed by atoms with Crippen molar-refractivity contribution in [3.63, 3.8) is 0 Å². The first-order valence-electron chi connectivity index (χ1n) is 7.58. The van der Waals surface area contributed by atoms with Gasteiger partial charge in [-0.2, -0.15) is 13.2 Å². The van der Waals surface area contributed by atoms with Crippen LogP contribution in [-0.2, 0) is 4.79 Å². The highest BCUT2D eigenvalue weighted by atomic mass is 19.4. The average molecular weight is 357 g/mol. The van der Waals surface area contributed by atoms with Crippen LogP contribution in [0.2, 0.25) is 0 Å². The van der Waals surface area contributed by atoms with Crippen molar-refractivity contribution < 1.29 is 23.1 Å². The standard InChI is InChI=1S/C13H17N5.C2HF3O2/c1-8-6-15-5-4-9(8)10-2-3-11-12(18-10)13(14)17-7-16-11;3-2(4,5)1(6)7/h2-3,7-9,15H,4-6H2,1H3,(H2,14,16,17);(H,6,7). The largest absolute Gasteiger partial charge is 0.490 e. The SMILES string of the molecule is CC1CNCCC1c1ccc2ncnc(N)c2n1.O=C(O)C(F)(F)F. The maximum Gasteiger partial charge on any atom is 0.490 e. The van der Waals surface area contributed by atoms with Crippen LogP contribution in [0.5, 0.6) is 0 Å². The van der Waals surface area contributed by atoms with Gasteiger partial charge in [0.1, 0.15) is 11.8 Å². The van der Waals surface area contributed by atoms with Crippen molar-refractivity contribution in [2.45, 2.75) is 25.4 Å². The molecule has 0 spiro atoms. The van der Waals surface area contributed by atoms with Crippen molar-refractivity contribution >= 4 is 22.8 Å². The molecular weight excluding hydrogens is 339 g/mol. The molecule has 0 amide bonds. The predicted octanol–water partition coefficient (Wildman–Crippen LogP) is 1.95. The zero-order chi connectivity index (χ0) is 18.6. The molecular formula is C15H18F3N5O2. The molecule has 2 aromatic heterocycles. The lowest BCUT2D eigenvalue weighted by atomic mass is 9.85. The van der Waals surface area contributed by atoms with Crippen molar-refractivity contribution in [2.24, 2.45) is 5.92 Å². The van der Waals surface area contributed by atoms with Crippen LogP contribution in [0.1, 0.15) is 25.0 Å². The van der Waals surface area contributed by atoms with Gasteiger partial charge in [0.2, 0.25) is 0 Å². The van der Waals surface area contributed by atoms with Crippen LogP contribution < -0.4 is 11.1 Å². The maximum absolute atomic E-state index is 10.6. The minimum Gasteiger partial charge on any atom is -0.475 e. The molecule has 0 saturated carbocycles. The van der Waals surface area contributed by atoms with Gasteiger partial charge in [-0.1, -0.05) is 6.92 Å². The van der Waals surface area contributed by atoms with Crippen molar-refractivity contribution in [1.29, 1.82) is 0 Å². The molecule has 1 fully saturated rings. The molecule has 1 aliphatic heterocycles. The second kappa shape index (κ2) is 7.60. The summed E-state index contributed by atoms with van der Waals surface area (Å²) >= 11 is 0. The van der Waals surface area contributed by atoms with Crippen LogP contribution in [0.4, 0.5) is 19.0 Å². The number of aliphatic carboxylic acids is 1. The molecule has 4 N–H and O–H groups in total. The van der Waals surface area contributed by atoms with Crippen LogP contribution in [-0.4, -0.2) is 45.3 Å². The number of hydrogen-bond acceptors (Lipinski definition) is 6. The lowest BCUT2D eigenvalue weighted by Gasteiger charge is -2.29. The Morgan fingerprint density at radius 3 is 2.64 bits per heavy atom. The molecule has 0 bridgehead atoms. The van der Waals surface area contributed by atoms with E-state index >= 15 is 0 Å². The molecule has 1 saturated heterocycles. The summed E-state index contributed by atoms with van der Waals surface area (Å²) in [6, 6.07) is 4.06. The Balaban J connectivity index is 0.000000277. The highest BCUT2D eigenvalue weighted by Crippen LogP contribution is 2.30. The normalized spacial score (nSPS) is 20.6. The second-order valence-corrected chi connectivity index (χ2v) is 5.74. The van der Waals surface area contributed by atoms with Gasteiger partial charge in [-0.15, -0.1) is 0 Å². The van der Waals surface area contributed by atoms with E-state index in [1.165, 1.54) is 6.33 Å². The molecule has 1 aliphatic rings. The van der Waals surface area contributed by atoms with Crippen LogP contribution in [0, 0.1) is 5.92 Å². The topological polar surface area (TPSA) is 114 Å². The Hall–Kier alpha value is -2.49. The van der Waals surface area contributed by atoms with Gasteiger partial charge in [0.05, 0.1) is 5.52 Å². The quantitative estimate of drug-likeness (QED) is 0.715. The number of anilines is 1. The van der Waals surface area contributed by atoms with E-state index in [2.05, 4.69) is 33.3 Å². The number of alkyl halides is 3. The highest BCUT2D eigenvalue weighted by Gasteiger charge is 2.38. The van der Waals surface area contributed by atoms with Crippen LogP contribution >= 0.6 is 0 Å². The number of piperidine rings is 1. The van der Waals surface area contributed by atoms with Gasteiger partial charge >= 0.3 is 12.1 Å². The number of carboxylic acids is 1. The Bertz CT molecular complexity index is 754. The van der Waals surface area contributed by atoms with Crippen molar-refractivity contribution in [3.8, 4) is 0 Å². The lowest BCUT2D eigenvalue weighted by molar-refractivity contribution is -0.192. The van der Waals surface area contributed by atoms with Gasteiger partial charge in [-0.05, 0) is 37.6 Å². The Morgan fingerprint density at radius 1 is 1.36 bits per heavy atom. The van der Waals surface area contributed by atoms with E-state index < -0.39 is 12.1 Å². The molecule has 3 heterocycles. The fourth-order valence-electron chi connectivity index (χ4n) is 2.63.